The van der Waals surface area contributed by atoms with Crippen LogP contribution in [-0.2, 0) is 9.59 Å². The molecule has 0 radical (unpaired) electrons. The first kappa shape index (κ1) is 16.7. The molecule has 9 heteroatoms. The van der Waals surface area contributed by atoms with Gasteiger partial charge in [-0.15, -0.1) is 0 Å². The van der Waals surface area contributed by atoms with Gasteiger partial charge in [-0.2, -0.15) is 13.9 Å². The third kappa shape index (κ3) is 5.20. The average Bonchev–Trinajstić information content (AvgIpc) is 3.30. The van der Waals surface area contributed by atoms with Gasteiger partial charge in [-0.05, 0) is 36.6 Å². The van der Waals surface area contributed by atoms with Crippen molar-refractivity contribution in [3.8, 4) is 11.5 Å². The molecule has 7 nitrogen and oxygen atoms in total. The summed E-state index contributed by atoms with van der Waals surface area (Å²) in [6, 6.07) is 4.27. The Kier molecular flexibility index (Phi) is 5.45. The quantitative estimate of drug-likeness (QED) is 0.464. The van der Waals surface area contributed by atoms with E-state index in [1.807, 2.05) is 0 Å². The molecule has 0 saturated heterocycles. The molecule has 0 aromatic heterocycles. The van der Waals surface area contributed by atoms with Crippen LogP contribution in [0, 0.1) is 0 Å². The summed E-state index contributed by atoms with van der Waals surface area (Å²) in [6.45, 7) is -3.00. The van der Waals surface area contributed by atoms with E-state index in [9.17, 15) is 18.4 Å². The highest BCUT2D eigenvalue weighted by molar-refractivity contribution is 6.35. The minimum Gasteiger partial charge on any atom is -0.493 e. The minimum absolute atomic E-state index is 0.0628. The molecule has 1 saturated carbocycles. The molecule has 1 aromatic carbocycles. The summed E-state index contributed by atoms with van der Waals surface area (Å²) in [5.74, 6) is -1.69. The van der Waals surface area contributed by atoms with Crippen LogP contribution in [0.4, 0.5) is 8.78 Å². The Hall–Kier alpha value is -2.71. The highest BCUT2D eigenvalue weighted by Gasteiger charge is 2.26. The zero-order chi connectivity index (χ0) is 16.8. The molecule has 1 aromatic rings. The number of benzene rings is 1. The van der Waals surface area contributed by atoms with Gasteiger partial charge in [-0.25, -0.2) is 5.43 Å². The number of nitrogens with one attached hydrogen (secondary N) is 2. The van der Waals surface area contributed by atoms with Crippen LogP contribution in [0.2, 0.25) is 0 Å². The largest absolute Gasteiger partial charge is 0.493 e. The maximum absolute atomic E-state index is 12.3. The fourth-order valence-electron chi connectivity index (χ4n) is 1.66. The van der Waals surface area contributed by atoms with E-state index < -0.39 is 18.4 Å². The highest BCUT2D eigenvalue weighted by atomic mass is 19.3. The molecule has 0 spiro atoms. The summed E-state index contributed by atoms with van der Waals surface area (Å²) in [7, 11) is 1.32. The lowest BCUT2D eigenvalue weighted by Crippen LogP contribution is -2.38. The first-order valence-electron chi connectivity index (χ1n) is 6.76. The Balaban J connectivity index is 1.95. The highest BCUT2D eigenvalue weighted by Crippen LogP contribution is 2.28. The lowest BCUT2D eigenvalue weighted by molar-refractivity contribution is -0.139. The molecule has 2 N–H and O–H groups in total. The van der Waals surface area contributed by atoms with Crippen LogP contribution in [0.15, 0.2) is 23.3 Å². The third-order valence-corrected chi connectivity index (χ3v) is 2.90. The summed E-state index contributed by atoms with van der Waals surface area (Å²) >= 11 is 0. The molecule has 2 amide bonds. The number of halogens is 2. The molecule has 1 aliphatic carbocycles. The van der Waals surface area contributed by atoms with Crippen molar-refractivity contribution >= 4 is 18.0 Å². The fraction of sp³-hybridized carbons (Fsp3) is 0.357. The Morgan fingerprint density at radius 2 is 2.04 bits per heavy atom. The predicted octanol–water partition coefficient (Wildman–Crippen LogP) is 1.03. The van der Waals surface area contributed by atoms with Crippen LogP contribution >= 0.6 is 0 Å². The number of carbonyl (C=O) groups is 2. The molecule has 0 aliphatic heterocycles. The Morgan fingerprint density at radius 3 is 2.65 bits per heavy atom. The van der Waals surface area contributed by atoms with Crippen LogP contribution < -0.4 is 20.2 Å². The van der Waals surface area contributed by atoms with E-state index in [2.05, 4.69) is 20.6 Å². The smallest absolute Gasteiger partial charge is 0.387 e. The summed E-state index contributed by atoms with van der Waals surface area (Å²) < 4.78 is 33.8. The molecule has 0 unspecified atom stereocenters. The van der Waals surface area contributed by atoms with Crippen molar-refractivity contribution in [3.63, 3.8) is 0 Å². The molecule has 0 heterocycles. The summed E-state index contributed by atoms with van der Waals surface area (Å²) in [5.41, 5.74) is 2.43. The van der Waals surface area contributed by atoms with Crippen LogP contribution in [0.1, 0.15) is 18.4 Å². The molecule has 2 rings (SSSR count). The van der Waals surface area contributed by atoms with E-state index in [1.54, 1.807) is 0 Å². The van der Waals surface area contributed by atoms with Crippen molar-refractivity contribution in [1.82, 2.24) is 10.7 Å². The summed E-state index contributed by atoms with van der Waals surface area (Å²) in [5, 5.41) is 6.10. The normalized spacial score (nSPS) is 13.9. The van der Waals surface area contributed by atoms with Crippen molar-refractivity contribution in [2.24, 2.45) is 5.10 Å². The number of rotatable bonds is 6. The summed E-state index contributed by atoms with van der Waals surface area (Å²) in [6.07, 6.45) is 2.92. The molecular weight excluding hydrogens is 312 g/mol. The van der Waals surface area contributed by atoms with E-state index in [1.165, 1.54) is 31.5 Å². The van der Waals surface area contributed by atoms with Gasteiger partial charge in [0.25, 0.3) is 0 Å². The number of amides is 2. The maximum atomic E-state index is 12.3. The molecule has 0 bridgehead atoms. The zero-order valence-electron chi connectivity index (χ0n) is 12.2. The van der Waals surface area contributed by atoms with Crippen LogP contribution in [0.25, 0.3) is 0 Å². The number of alkyl halides is 2. The van der Waals surface area contributed by atoms with E-state index in [-0.39, 0.29) is 17.5 Å². The maximum Gasteiger partial charge on any atom is 0.387 e. The first-order chi connectivity index (χ1) is 11.0. The minimum atomic E-state index is -3.00. The standard InChI is InChI=1S/C14H15F2N3O4/c1-22-10-5-2-8(6-11(10)23-14(15)16)7-17-19-13(21)12(20)18-9-3-4-9/h2,5-7,9,14H,3-4H2,1H3,(H,18,20)(H,19,21)/b17-7-. The number of methoxy groups -OCH3 is 1. The van der Waals surface area contributed by atoms with Crippen LogP contribution in [0.3, 0.4) is 0 Å². The molecule has 23 heavy (non-hydrogen) atoms. The number of carbonyl (C=O) groups excluding carboxylic acids is 2. The van der Waals surface area contributed by atoms with Gasteiger partial charge in [0.15, 0.2) is 11.5 Å². The number of hydrogen-bond acceptors (Lipinski definition) is 5. The van der Waals surface area contributed by atoms with Gasteiger partial charge in [0.05, 0.1) is 13.3 Å². The van der Waals surface area contributed by atoms with E-state index >= 15 is 0 Å². The third-order valence-electron chi connectivity index (χ3n) is 2.90. The Labute approximate surface area is 130 Å². The SMILES string of the molecule is COc1ccc(/C=N\NC(=O)C(=O)NC2CC2)cc1OC(F)F. The molecule has 1 aliphatic rings. The van der Waals surface area contributed by atoms with Crippen molar-refractivity contribution in [2.45, 2.75) is 25.5 Å². The van der Waals surface area contributed by atoms with Crippen LogP contribution in [0.5, 0.6) is 11.5 Å². The van der Waals surface area contributed by atoms with Gasteiger partial charge in [-0.3, -0.25) is 9.59 Å². The average molecular weight is 327 g/mol. The number of ether oxygens (including phenoxy) is 2. The Morgan fingerprint density at radius 1 is 1.30 bits per heavy atom. The van der Waals surface area contributed by atoms with E-state index in [4.69, 9.17) is 4.74 Å². The van der Waals surface area contributed by atoms with Crippen molar-refractivity contribution in [1.29, 1.82) is 0 Å². The monoisotopic (exact) mass is 327 g/mol. The van der Waals surface area contributed by atoms with Gasteiger partial charge >= 0.3 is 18.4 Å². The van der Waals surface area contributed by atoms with Gasteiger partial charge in [0, 0.05) is 6.04 Å². The second-order valence-electron chi connectivity index (χ2n) is 4.74. The van der Waals surface area contributed by atoms with Gasteiger partial charge in [0.2, 0.25) is 0 Å². The zero-order valence-corrected chi connectivity index (χ0v) is 12.2. The van der Waals surface area contributed by atoms with E-state index in [0.717, 1.165) is 12.8 Å². The second-order valence-corrected chi connectivity index (χ2v) is 4.74. The van der Waals surface area contributed by atoms with Gasteiger partial charge in [-0.1, -0.05) is 0 Å². The van der Waals surface area contributed by atoms with Crippen molar-refractivity contribution < 1.29 is 27.8 Å². The topological polar surface area (TPSA) is 89.0 Å². The van der Waals surface area contributed by atoms with Gasteiger partial charge < -0.3 is 14.8 Å². The predicted molar refractivity (Wildman–Crippen MR) is 76.5 cm³/mol. The summed E-state index contributed by atoms with van der Waals surface area (Å²) in [4.78, 5) is 22.8. The molecular formula is C14H15F2N3O4. The number of hydrazone groups is 1. The lowest BCUT2D eigenvalue weighted by Gasteiger charge is -2.10. The van der Waals surface area contributed by atoms with Crippen LogP contribution in [-0.4, -0.2) is 37.8 Å². The lowest BCUT2D eigenvalue weighted by atomic mass is 10.2. The number of hydrogen-bond donors (Lipinski definition) is 2. The molecule has 1 fully saturated rings. The Bertz CT molecular complexity index is 618. The number of nitrogens with zero attached hydrogens (tertiary/aromatic N) is 1. The fourth-order valence-corrected chi connectivity index (χ4v) is 1.66. The molecule has 124 valence electrons. The second kappa shape index (κ2) is 7.52. The van der Waals surface area contributed by atoms with Gasteiger partial charge in [0.1, 0.15) is 0 Å². The molecule has 0 atom stereocenters. The van der Waals surface area contributed by atoms with E-state index in [0.29, 0.717) is 5.56 Å². The first-order valence-corrected chi connectivity index (χ1v) is 6.76. The van der Waals surface area contributed by atoms with Crippen molar-refractivity contribution in [3.05, 3.63) is 23.8 Å². The van der Waals surface area contributed by atoms with Crippen molar-refractivity contribution in [2.75, 3.05) is 7.11 Å².